The Morgan fingerprint density at radius 3 is 0.739 bits per heavy atom. The van der Waals surface area contributed by atoms with Crippen molar-refractivity contribution >= 4 is 0 Å². The molecule has 0 aliphatic carbocycles. The molecule has 0 saturated heterocycles. The topological polar surface area (TPSA) is 95.8 Å². The fourth-order valence-electron chi connectivity index (χ4n) is 1.60. The summed E-state index contributed by atoms with van der Waals surface area (Å²) in [6.45, 7) is 20.1. The maximum Gasteiger partial charge on any atom is 0.146 e. The molecule has 0 amide bonds. The Balaban J connectivity index is -0.0000000128. The van der Waals surface area contributed by atoms with E-state index in [1.54, 1.807) is 7.11 Å². The van der Waals surface area contributed by atoms with E-state index in [0.29, 0.717) is 26.6 Å². The van der Waals surface area contributed by atoms with Crippen LogP contribution >= 0.6 is 0 Å². The first kappa shape index (κ1) is 120. The molecule has 0 aromatic heterocycles. The van der Waals surface area contributed by atoms with Crippen LogP contribution in [0.5, 0.6) is 0 Å². The van der Waals surface area contributed by atoms with Gasteiger partial charge in [0.2, 0.25) is 0 Å². The van der Waals surface area contributed by atoms with Gasteiger partial charge < -0.3 is 38.6 Å². The zero-order valence-corrected chi connectivity index (χ0v) is 30.5. The first-order valence-electron chi connectivity index (χ1n) is 12.6. The molecule has 0 atom stereocenters. The van der Waals surface area contributed by atoms with Crippen LogP contribution in [0.1, 0.15) is 169 Å². The van der Waals surface area contributed by atoms with Crippen molar-refractivity contribution in [2.24, 2.45) is 0 Å². The molecule has 9 heteroatoms. The van der Waals surface area contributed by atoms with Crippen molar-refractivity contribution < 1.29 is 38.6 Å². The minimum Gasteiger partial charge on any atom is -0.400 e. The minimum absolute atomic E-state index is 0. The summed E-state index contributed by atoms with van der Waals surface area (Å²) in [7, 11) is 2.60. The van der Waals surface area contributed by atoms with E-state index < -0.39 is 0 Å². The number of hydrogen-bond donors (Lipinski definition) is 2. The Morgan fingerprint density at radius 1 is 0.348 bits per heavy atom. The third-order valence-electron chi connectivity index (χ3n) is 2.90. The molecule has 0 aromatic carbocycles. The summed E-state index contributed by atoms with van der Waals surface area (Å²) in [4.78, 5) is 0. The van der Waals surface area contributed by atoms with Crippen molar-refractivity contribution in [1.82, 2.24) is 0 Å². The molecule has 0 radical (unpaired) electrons. The van der Waals surface area contributed by atoms with Gasteiger partial charge in [0, 0.05) is 53.9 Å². The predicted molar refractivity (Wildman–Crippen MR) is 219 cm³/mol. The Morgan fingerprint density at radius 2 is 0.543 bits per heavy atom. The van der Waals surface area contributed by atoms with Crippen molar-refractivity contribution in [3.63, 3.8) is 0 Å². The maximum absolute atomic E-state index is 8.17. The summed E-state index contributed by atoms with van der Waals surface area (Å²) in [5.74, 6) is 0. The van der Waals surface area contributed by atoms with Gasteiger partial charge in [-0.05, 0) is 38.5 Å². The van der Waals surface area contributed by atoms with Gasteiger partial charge in [-0.3, -0.25) is 0 Å². The van der Waals surface area contributed by atoms with Crippen LogP contribution in [-0.2, 0) is 28.4 Å². The van der Waals surface area contributed by atoms with E-state index >= 15 is 0 Å². The van der Waals surface area contributed by atoms with Gasteiger partial charge in [0.1, 0.15) is 6.79 Å². The molecule has 0 spiro atoms. The Hall–Kier alpha value is -1.32. The molecule has 0 fully saturated rings. The van der Waals surface area contributed by atoms with Crippen molar-refractivity contribution in [1.29, 1.82) is 0 Å². The van der Waals surface area contributed by atoms with Gasteiger partial charge in [-0.25, -0.2) is 0 Å². The summed E-state index contributed by atoms with van der Waals surface area (Å²) in [5, 5.41) is 15.2. The number of hydrogen-bond acceptors (Lipinski definition) is 8. The zero-order chi connectivity index (χ0) is 26.3. The van der Waals surface area contributed by atoms with Crippen molar-refractivity contribution in [3.8, 4) is 0 Å². The molecular formula is C37H108O8Rf. The number of methoxy groups -OCH3 is 1. The molecule has 8 nitrogen and oxygen atoms in total. The monoisotopic (exact) mass is 948 g/mol. The standard InChI is InChI=1S/C7H16O3.2C6H14O.C5H12O2.CH4O.12CH4.Rf/c1-3-4-9-5-6-10-7-8-2;2*1-3-5-7-6-4-2;1-2-4-7-5-3-6;1-2;;;;;;;;;;;;;/h3-7H2,1-2H3;2*3-6H2,1-2H3;6H,2-5H2,1H3;2H,1H3;12*1H4;. The predicted octanol–water partition coefficient (Wildman–Crippen LogP) is 12.3. The number of ether oxygens (including phenoxy) is 6. The van der Waals surface area contributed by atoms with Gasteiger partial charge in [-0.1, -0.05) is 131 Å². The zero-order valence-electron chi connectivity index (χ0n) is 24.1. The molecule has 0 aromatic rings. The van der Waals surface area contributed by atoms with Crippen LogP contribution in [0.3, 0.4) is 0 Å². The van der Waals surface area contributed by atoms with E-state index in [1.165, 1.54) is 0 Å². The van der Waals surface area contributed by atoms with Gasteiger partial charge in [-0.15, -0.1) is 0 Å². The maximum atomic E-state index is 8.17. The minimum atomic E-state index is 0. The number of aliphatic hydroxyl groups is 2. The normalized spacial score (nSPS) is 6.65. The van der Waals surface area contributed by atoms with Crippen LogP contribution in [0.25, 0.3) is 0 Å². The van der Waals surface area contributed by atoms with Crippen LogP contribution in [0.15, 0.2) is 0 Å². The molecule has 2 N–H and O–H groups in total. The third-order valence-corrected chi connectivity index (χ3v) is 2.90. The fourth-order valence-corrected chi connectivity index (χ4v) is 1.60. The quantitative estimate of drug-likeness (QED) is 0.0977. The van der Waals surface area contributed by atoms with Gasteiger partial charge in [0.05, 0.1) is 26.4 Å². The smallest absolute Gasteiger partial charge is 0.146 e. The first-order valence-corrected chi connectivity index (χ1v) is 12.6. The summed E-state index contributed by atoms with van der Waals surface area (Å²) in [5.41, 5.74) is 0. The van der Waals surface area contributed by atoms with E-state index in [9.17, 15) is 0 Å². The SMILES string of the molecule is C.C.C.C.C.C.C.C.C.C.C.C.CCCOCCC.CCCOCCC.CCCOCCO.CCCOCCOCOC.CO.[Rf]. The fraction of sp³-hybridized carbons (Fsp3) is 1.00. The Kier molecular flexibility index (Phi) is 441. The second-order valence-electron chi connectivity index (χ2n) is 6.49. The van der Waals surface area contributed by atoms with Crippen molar-refractivity contribution in [2.75, 3.05) is 87.1 Å². The van der Waals surface area contributed by atoms with Crippen LogP contribution in [0.4, 0.5) is 0 Å². The summed E-state index contributed by atoms with van der Waals surface area (Å²) in [6.07, 6.45) is 6.64. The van der Waals surface area contributed by atoms with E-state index in [-0.39, 0.29) is 95.7 Å². The molecule has 0 saturated carbocycles. The molecule has 0 rings (SSSR count). The van der Waals surface area contributed by atoms with E-state index in [1.807, 2.05) is 6.92 Å². The van der Waals surface area contributed by atoms with Crippen LogP contribution < -0.4 is 0 Å². The molecule has 46 heavy (non-hydrogen) atoms. The average Bonchev–Trinajstić information content (AvgIpc) is 2.85. The second kappa shape index (κ2) is 169. The van der Waals surface area contributed by atoms with Crippen LogP contribution in [-0.4, -0.2) is 97.3 Å². The molecule has 0 unspecified atom stereocenters. The number of aliphatic hydroxyl groups excluding tert-OH is 2. The Bertz CT molecular complexity index is 202. The van der Waals surface area contributed by atoms with E-state index in [4.69, 9.17) is 33.9 Å². The Labute approximate surface area is 294 Å². The second-order valence-corrected chi connectivity index (χ2v) is 6.49. The molecule has 0 aliphatic heterocycles. The third kappa shape index (κ3) is 237. The summed E-state index contributed by atoms with van der Waals surface area (Å²) >= 11 is 0. The summed E-state index contributed by atoms with van der Waals surface area (Å²) < 4.78 is 29.9. The molecular weight excluding hydrogens is 839 g/mol. The molecule has 0 heterocycles. The van der Waals surface area contributed by atoms with Gasteiger partial charge in [-0.2, -0.15) is 0 Å². The molecule has 0 bridgehead atoms. The summed E-state index contributed by atoms with van der Waals surface area (Å²) in [6, 6.07) is 0. The largest absolute Gasteiger partial charge is 0.400 e. The van der Waals surface area contributed by atoms with Crippen LogP contribution in [0.2, 0.25) is 0 Å². The van der Waals surface area contributed by atoms with E-state index in [2.05, 4.69) is 39.4 Å². The van der Waals surface area contributed by atoms with Gasteiger partial charge >= 0.3 is 0 Å². The van der Waals surface area contributed by atoms with Crippen molar-refractivity contribution in [2.45, 2.75) is 169 Å². The molecule has 0 aliphatic rings. The number of rotatable bonds is 19. The first-order chi connectivity index (χ1) is 16.2. The average molecular weight is 948 g/mol. The van der Waals surface area contributed by atoms with Gasteiger partial charge in [0.25, 0.3) is 0 Å². The molecule has 306 valence electrons. The van der Waals surface area contributed by atoms with Gasteiger partial charge in [0.15, 0.2) is 0 Å². The van der Waals surface area contributed by atoms with Crippen LogP contribution in [0, 0.1) is 0 Å². The van der Waals surface area contributed by atoms with E-state index in [0.717, 1.165) is 85.3 Å². The van der Waals surface area contributed by atoms with Crippen molar-refractivity contribution in [3.05, 3.63) is 0 Å².